The fraction of sp³-hybridized carbons (Fsp3) is 0.211. The lowest BCUT2D eigenvalue weighted by atomic mass is 10.2. The van der Waals surface area contributed by atoms with Gasteiger partial charge in [0.15, 0.2) is 5.17 Å². The first kappa shape index (κ1) is 19.4. The first-order chi connectivity index (χ1) is 13.0. The molecular weight excluding hydrogens is 389 g/mol. The van der Waals surface area contributed by atoms with Crippen LogP contribution in [0.5, 0.6) is 0 Å². The van der Waals surface area contributed by atoms with E-state index in [-0.39, 0.29) is 24.1 Å². The Bertz CT molecular complexity index is 872. The van der Waals surface area contributed by atoms with E-state index in [9.17, 15) is 14.0 Å². The highest BCUT2D eigenvalue weighted by Crippen LogP contribution is 2.30. The van der Waals surface area contributed by atoms with Crippen molar-refractivity contribution in [1.29, 1.82) is 0 Å². The number of carbonyl (C=O) groups is 2. The SMILES string of the molecule is CCN1C(=O)C[C@@H](C(=O)Nc2ccc(Cl)cc2)SC1=Nc1ccc(F)cc1. The van der Waals surface area contributed by atoms with Gasteiger partial charge < -0.3 is 5.32 Å². The van der Waals surface area contributed by atoms with Crippen molar-refractivity contribution in [2.75, 3.05) is 11.9 Å². The maximum atomic E-state index is 13.1. The van der Waals surface area contributed by atoms with Gasteiger partial charge in [-0.15, -0.1) is 0 Å². The number of benzene rings is 2. The third-order valence-electron chi connectivity index (χ3n) is 3.91. The second-order valence-electron chi connectivity index (χ2n) is 5.82. The molecule has 2 aromatic carbocycles. The number of halogens is 2. The Morgan fingerprint density at radius 3 is 2.56 bits per heavy atom. The van der Waals surface area contributed by atoms with Crippen molar-refractivity contribution in [1.82, 2.24) is 4.90 Å². The molecule has 0 spiro atoms. The minimum absolute atomic E-state index is 0.0837. The molecule has 0 aliphatic carbocycles. The van der Waals surface area contributed by atoms with Crippen LogP contribution in [0.2, 0.25) is 5.02 Å². The Hall–Kier alpha value is -2.38. The number of nitrogens with zero attached hydrogens (tertiary/aromatic N) is 2. The molecule has 1 N–H and O–H groups in total. The summed E-state index contributed by atoms with van der Waals surface area (Å²) in [5.74, 6) is -0.814. The van der Waals surface area contributed by atoms with Gasteiger partial charge in [-0.2, -0.15) is 0 Å². The second kappa shape index (κ2) is 8.54. The van der Waals surface area contributed by atoms with Crippen molar-refractivity contribution >= 4 is 51.7 Å². The van der Waals surface area contributed by atoms with Gasteiger partial charge in [0.1, 0.15) is 11.1 Å². The molecule has 1 saturated heterocycles. The van der Waals surface area contributed by atoms with Crippen molar-refractivity contribution < 1.29 is 14.0 Å². The number of anilines is 1. The van der Waals surface area contributed by atoms with E-state index in [4.69, 9.17) is 11.6 Å². The normalized spacial score (nSPS) is 18.6. The van der Waals surface area contributed by atoms with Crippen LogP contribution in [-0.4, -0.2) is 33.7 Å². The van der Waals surface area contributed by atoms with Crippen molar-refractivity contribution in [2.24, 2.45) is 4.99 Å². The van der Waals surface area contributed by atoms with Crippen molar-refractivity contribution in [3.8, 4) is 0 Å². The first-order valence-corrected chi connectivity index (χ1v) is 9.59. The van der Waals surface area contributed by atoms with Crippen LogP contribution < -0.4 is 5.32 Å². The molecule has 1 atom stereocenters. The van der Waals surface area contributed by atoms with Crippen LogP contribution in [0, 0.1) is 5.82 Å². The Kier molecular flexibility index (Phi) is 6.13. The standard InChI is InChI=1S/C19H17ClFN3O2S/c1-2-24-17(25)11-16(18(26)22-14-7-3-12(20)4-8-14)27-19(24)23-15-9-5-13(21)6-10-15/h3-10,16H,2,11H2,1H3,(H,22,26)/t16-/m0/s1. The van der Waals surface area contributed by atoms with Crippen LogP contribution in [0.15, 0.2) is 53.5 Å². The fourth-order valence-electron chi connectivity index (χ4n) is 2.53. The minimum atomic E-state index is -0.602. The number of hydrogen-bond acceptors (Lipinski definition) is 4. The maximum absolute atomic E-state index is 13.1. The van der Waals surface area contributed by atoms with Gasteiger partial charge in [0, 0.05) is 23.7 Å². The van der Waals surface area contributed by atoms with Gasteiger partial charge in [-0.25, -0.2) is 9.38 Å². The Morgan fingerprint density at radius 1 is 1.26 bits per heavy atom. The number of nitrogens with one attached hydrogen (secondary N) is 1. The number of rotatable bonds is 4. The van der Waals surface area contributed by atoms with E-state index in [0.29, 0.717) is 28.1 Å². The van der Waals surface area contributed by atoms with Gasteiger partial charge >= 0.3 is 0 Å². The zero-order valence-electron chi connectivity index (χ0n) is 14.5. The molecule has 0 unspecified atom stereocenters. The van der Waals surface area contributed by atoms with E-state index in [0.717, 1.165) is 0 Å². The van der Waals surface area contributed by atoms with E-state index in [1.807, 2.05) is 6.92 Å². The highest BCUT2D eigenvalue weighted by Gasteiger charge is 2.35. The summed E-state index contributed by atoms with van der Waals surface area (Å²) >= 11 is 7.07. The minimum Gasteiger partial charge on any atom is -0.325 e. The van der Waals surface area contributed by atoms with Crippen LogP contribution in [0.25, 0.3) is 0 Å². The van der Waals surface area contributed by atoms with Gasteiger partial charge in [-0.1, -0.05) is 23.4 Å². The monoisotopic (exact) mass is 405 g/mol. The summed E-state index contributed by atoms with van der Waals surface area (Å²) in [7, 11) is 0. The summed E-state index contributed by atoms with van der Waals surface area (Å²) < 4.78 is 13.1. The van der Waals surface area contributed by atoms with Crippen molar-refractivity contribution in [3.05, 3.63) is 59.4 Å². The number of hydrogen-bond donors (Lipinski definition) is 1. The number of aliphatic imine (C=N–C) groups is 1. The average Bonchev–Trinajstić information content (AvgIpc) is 2.65. The molecule has 0 bridgehead atoms. The van der Waals surface area contributed by atoms with E-state index in [1.165, 1.54) is 40.9 Å². The summed E-state index contributed by atoms with van der Waals surface area (Å²) in [6, 6.07) is 12.4. The predicted molar refractivity (Wildman–Crippen MR) is 107 cm³/mol. The van der Waals surface area contributed by atoms with Gasteiger partial charge in [-0.3, -0.25) is 14.5 Å². The fourth-order valence-corrected chi connectivity index (χ4v) is 3.82. The summed E-state index contributed by atoms with van der Waals surface area (Å²) in [6.07, 6.45) is 0.0837. The molecule has 2 amide bonds. The molecule has 1 heterocycles. The van der Waals surface area contributed by atoms with Crippen LogP contribution in [0.1, 0.15) is 13.3 Å². The largest absolute Gasteiger partial charge is 0.325 e. The summed E-state index contributed by atoms with van der Waals surface area (Å²) in [5.41, 5.74) is 1.12. The molecular formula is C19H17ClFN3O2S. The molecule has 8 heteroatoms. The van der Waals surface area contributed by atoms with Crippen LogP contribution in [-0.2, 0) is 9.59 Å². The zero-order valence-corrected chi connectivity index (χ0v) is 16.1. The van der Waals surface area contributed by atoms with Gasteiger partial charge in [0.25, 0.3) is 0 Å². The third-order valence-corrected chi connectivity index (χ3v) is 5.35. The summed E-state index contributed by atoms with van der Waals surface area (Å²) in [4.78, 5) is 31.0. The quantitative estimate of drug-likeness (QED) is 0.816. The van der Waals surface area contributed by atoms with E-state index in [2.05, 4.69) is 10.3 Å². The molecule has 1 fully saturated rings. The summed E-state index contributed by atoms with van der Waals surface area (Å²) in [5, 5.41) is 3.19. The summed E-state index contributed by atoms with van der Waals surface area (Å²) in [6.45, 7) is 2.28. The zero-order chi connectivity index (χ0) is 19.4. The van der Waals surface area contributed by atoms with Crippen LogP contribution in [0.3, 0.4) is 0 Å². The van der Waals surface area contributed by atoms with Gasteiger partial charge in [0.2, 0.25) is 11.8 Å². The lowest BCUT2D eigenvalue weighted by Crippen LogP contribution is -2.45. The molecule has 3 rings (SSSR count). The molecule has 1 aliphatic rings. The molecule has 0 aromatic heterocycles. The predicted octanol–water partition coefficient (Wildman–Crippen LogP) is 4.46. The number of carbonyl (C=O) groups excluding carboxylic acids is 2. The third kappa shape index (κ3) is 4.87. The lowest BCUT2D eigenvalue weighted by Gasteiger charge is -2.30. The molecule has 2 aromatic rings. The molecule has 0 radical (unpaired) electrons. The first-order valence-electron chi connectivity index (χ1n) is 8.34. The van der Waals surface area contributed by atoms with Crippen LogP contribution in [0.4, 0.5) is 15.8 Å². The maximum Gasteiger partial charge on any atom is 0.238 e. The number of thioether (sulfide) groups is 1. The number of amides is 2. The smallest absolute Gasteiger partial charge is 0.238 e. The molecule has 0 saturated carbocycles. The highest BCUT2D eigenvalue weighted by atomic mass is 35.5. The van der Waals surface area contributed by atoms with E-state index >= 15 is 0 Å². The number of amidine groups is 1. The Morgan fingerprint density at radius 2 is 1.93 bits per heavy atom. The van der Waals surface area contributed by atoms with E-state index < -0.39 is 5.25 Å². The van der Waals surface area contributed by atoms with Crippen molar-refractivity contribution in [2.45, 2.75) is 18.6 Å². The lowest BCUT2D eigenvalue weighted by molar-refractivity contribution is -0.129. The highest BCUT2D eigenvalue weighted by molar-refractivity contribution is 8.15. The second-order valence-corrected chi connectivity index (χ2v) is 7.42. The van der Waals surface area contributed by atoms with Crippen molar-refractivity contribution in [3.63, 3.8) is 0 Å². The Balaban J connectivity index is 1.79. The van der Waals surface area contributed by atoms with Gasteiger partial charge in [-0.05, 0) is 55.5 Å². The Labute approximate surface area is 165 Å². The molecule has 27 heavy (non-hydrogen) atoms. The molecule has 5 nitrogen and oxygen atoms in total. The molecule has 1 aliphatic heterocycles. The van der Waals surface area contributed by atoms with E-state index in [1.54, 1.807) is 24.3 Å². The molecule has 140 valence electrons. The topological polar surface area (TPSA) is 61.8 Å². The van der Waals surface area contributed by atoms with Gasteiger partial charge in [0.05, 0.1) is 5.69 Å². The van der Waals surface area contributed by atoms with Crippen LogP contribution >= 0.6 is 23.4 Å². The average molecular weight is 406 g/mol.